The Morgan fingerprint density at radius 3 is 2.59 bits per heavy atom. The summed E-state index contributed by atoms with van der Waals surface area (Å²) in [4.78, 5) is 37.6. The van der Waals surface area contributed by atoms with Gasteiger partial charge in [0.15, 0.2) is 5.82 Å². The van der Waals surface area contributed by atoms with Crippen molar-refractivity contribution in [1.82, 2.24) is 25.5 Å². The van der Waals surface area contributed by atoms with E-state index in [2.05, 4.69) is 31.5 Å². The first-order chi connectivity index (χ1) is 16.4. The second-order valence-electron chi connectivity index (χ2n) is 7.72. The summed E-state index contributed by atoms with van der Waals surface area (Å²) < 4.78 is 6.95. The second-order valence-corrected chi connectivity index (χ2v) is 8.74. The van der Waals surface area contributed by atoms with Crippen LogP contribution in [0.3, 0.4) is 0 Å². The maximum Gasteiger partial charge on any atom is 0.341 e. The fourth-order valence-corrected chi connectivity index (χ4v) is 4.58. The number of esters is 1. The Labute approximate surface area is 199 Å². The standard InChI is InChI=1S/C22H25N7O4S/c1-4-33-22(32)17-12(2)18(20(31)23-3)34-21(17)25-16(30)11-24-14-7-5-13(6-8-14)19-26-27-28-29(19)15-9-10-15/h5-8,15,24H,4,9-11H2,1-3H3,(H,23,31)(H,25,30). The molecule has 2 amide bonds. The number of tetrazole rings is 1. The van der Waals surface area contributed by atoms with Crippen LogP contribution >= 0.6 is 11.3 Å². The van der Waals surface area contributed by atoms with Crippen molar-refractivity contribution in [3.8, 4) is 11.4 Å². The summed E-state index contributed by atoms with van der Waals surface area (Å²) in [6, 6.07) is 7.84. The molecule has 0 radical (unpaired) electrons. The minimum Gasteiger partial charge on any atom is -0.462 e. The van der Waals surface area contributed by atoms with Crippen molar-refractivity contribution in [2.45, 2.75) is 32.7 Å². The molecule has 11 nitrogen and oxygen atoms in total. The molecule has 2 heterocycles. The molecule has 1 aliphatic carbocycles. The zero-order chi connectivity index (χ0) is 24.2. The van der Waals surface area contributed by atoms with Crippen molar-refractivity contribution in [1.29, 1.82) is 0 Å². The molecule has 1 aromatic carbocycles. The number of nitrogens with zero attached hydrogens (tertiary/aromatic N) is 4. The smallest absolute Gasteiger partial charge is 0.341 e. The molecule has 1 saturated carbocycles. The number of benzene rings is 1. The minimum absolute atomic E-state index is 0.0340. The van der Waals surface area contributed by atoms with Gasteiger partial charge in [-0.05, 0) is 66.9 Å². The van der Waals surface area contributed by atoms with Crippen molar-refractivity contribution in [3.05, 3.63) is 40.3 Å². The molecule has 0 unspecified atom stereocenters. The third-order valence-corrected chi connectivity index (χ3v) is 6.50. The van der Waals surface area contributed by atoms with Gasteiger partial charge in [-0.15, -0.1) is 16.4 Å². The van der Waals surface area contributed by atoms with Gasteiger partial charge in [0.1, 0.15) is 5.00 Å². The average Bonchev–Trinajstić information content (AvgIpc) is 3.47. The van der Waals surface area contributed by atoms with E-state index < -0.39 is 5.97 Å². The molecule has 0 saturated heterocycles. The molecule has 3 N–H and O–H groups in total. The van der Waals surface area contributed by atoms with Gasteiger partial charge in [-0.3, -0.25) is 9.59 Å². The molecule has 0 spiro atoms. The van der Waals surface area contributed by atoms with E-state index in [0.717, 1.165) is 41.3 Å². The molecule has 1 fully saturated rings. The summed E-state index contributed by atoms with van der Waals surface area (Å²) >= 11 is 1.04. The van der Waals surface area contributed by atoms with Gasteiger partial charge in [-0.2, -0.15) is 0 Å². The highest BCUT2D eigenvalue weighted by molar-refractivity contribution is 7.18. The van der Waals surface area contributed by atoms with Gasteiger partial charge in [0, 0.05) is 18.3 Å². The van der Waals surface area contributed by atoms with Crippen LogP contribution in [0.4, 0.5) is 10.7 Å². The summed E-state index contributed by atoms with van der Waals surface area (Å²) in [6.07, 6.45) is 2.16. The van der Waals surface area contributed by atoms with Crippen LogP contribution in [0, 0.1) is 6.92 Å². The monoisotopic (exact) mass is 483 g/mol. The van der Waals surface area contributed by atoms with Gasteiger partial charge < -0.3 is 20.7 Å². The summed E-state index contributed by atoms with van der Waals surface area (Å²) in [7, 11) is 1.51. The second kappa shape index (κ2) is 10.00. The predicted octanol–water partition coefficient (Wildman–Crippen LogP) is 2.63. The molecular weight excluding hydrogens is 458 g/mol. The highest BCUT2D eigenvalue weighted by atomic mass is 32.1. The van der Waals surface area contributed by atoms with E-state index in [1.807, 2.05) is 28.9 Å². The Morgan fingerprint density at radius 2 is 1.94 bits per heavy atom. The number of ether oxygens (including phenoxy) is 1. The van der Waals surface area contributed by atoms with Gasteiger partial charge in [-0.25, -0.2) is 9.48 Å². The molecule has 178 valence electrons. The molecule has 0 bridgehead atoms. The summed E-state index contributed by atoms with van der Waals surface area (Å²) in [5.41, 5.74) is 2.29. The van der Waals surface area contributed by atoms with Crippen LogP contribution < -0.4 is 16.0 Å². The molecule has 4 rings (SSSR count). The van der Waals surface area contributed by atoms with Crippen LogP contribution in [0.25, 0.3) is 11.4 Å². The lowest BCUT2D eigenvalue weighted by Crippen LogP contribution is -2.22. The Kier molecular flexibility index (Phi) is 6.87. The van der Waals surface area contributed by atoms with Crippen LogP contribution in [0.1, 0.15) is 51.4 Å². The fourth-order valence-electron chi connectivity index (χ4n) is 3.42. The number of carbonyl (C=O) groups is 3. The summed E-state index contributed by atoms with van der Waals surface area (Å²) in [6.45, 7) is 3.50. The Morgan fingerprint density at radius 1 is 1.21 bits per heavy atom. The van der Waals surface area contributed by atoms with Gasteiger partial charge in [-0.1, -0.05) is 0 Å². The maximum atomic E-state index is 12.6. The quantitative estimate of drug-likeness (QED) is 0.395. The molecule has 34 heavy (non-hydrogen) atoms. The Hall–Kier alpha value is -3.80. The number of aromatic nitrogens is 4. The maximum absolute atomic E-state index is 12.6. The normalized spacial score (nSPS) is 12.8. The Bertz CT molecular complexity index is 1210. The topological polar surface area (TPSA) is 140 Å². The number of rotatable bonds is 9. The van der Waals surface area contributed by atoms with E-state index in [1.165, 1.54) is 7.05 Å². The third kappa shape index (κ3) is 4.91. The lowest BCUT2D eigenvalue weighted by Gasteiger charge is -2.09. The number of hydrogen-bond acceptors (Lipinski definition) is 9. The van der Waals surface area contributed by atoms with Crippen molar-refractivity contribution in [3.63, 3.8) is 0 Å². The van der Waals surface area contributed by atoms with Gasteiger partial charge >= 0.3 is 5.97 Å². The number of nitrogens with one attached hydrogen (secondary N) is 3. The predicted molar refractivity (Wildman–Crippen MR) is 127 cm³/mol. The summed E-state index contributed by atoms with van der Waals surface area (Å²) in [5.74, 6) is -0.562. The van der Waals surface area contributed by atoms with Crippen molar-refractivity contribution >= 4 is 39.8 Å². The lowest BCUT2D eigenvalue weighted by molar-refractivity contribution is -0.114. The number of hydrogen-bond donors (Lipinski definition) is 3. The Balaban J connectivity index is 1.42. The van der Waals surface area contributed by atoms with Gasteiger partial charge in [0.25, 0.3) is 5.91 Å². The molecule has 0 aliphatic heterocycles. The van der Waals surface area contributed by atoms with Crippen LogP contribution in [0.2, 0.25) is 0 Å². The molecule has 3 aromatic rings. The van der Waals surface area contributed by atoms with Crippen LogP contribution in [0.15, 0.2) is 24.3 Å². The molecule has 12 heteroatoms. The van der Waals surface area contributed by atoms with Gasteiger partial charge in [0.2, 0.25) is 5.91 Å². The molecule has 2 aromatic heterocycles. The van der Waals surface area contributed by atoms with Crippen LogP contribution in [-0.4, -0.2) is 58.2 Å². The van der Waals surface area contributed by atoms with E-state index in [0.29, 0.717) is 16.5 Å². The number of anilines is 2. The first-order valence-corrected chi connectivity index (χ1v) is 11.7. The molecular formula is C22H25N7O4S. The number of amides is 2. The van der Waals surface area contributed by atoms with Crippen molar-refractivity contribution < 1.29 is 19.1 Å². The van der Waals surface area contributed by atoms with E-state index in [9.17, 15) is 14.4 Å². The van der Waals surface area contributed by atoms with E-state index in [-0.39, 0.29) is 35.5 Å². The van der Waals surface area contributed by atoms with E-state index in [1.54, 1.807) is 13.8 Å². The van der Waals surface area contributed by atoms with Crippen LogP contribution in [-0.2, 0) is 9.53 Å². The molecule has 1 aliphatic rings. The zero-order valence-electron chi connectivity index (χ0n) is 19.0. The first kappa shape index (κ1) is 23.4. The number of carbonyl (C=O) groups excluding carboxylic acids is 3. The zero-order valence-corrected chi connectivity index (χ0v) is 19.9. The van der Waals surface area contributed by atoms with Crippen molar-refractivity contribution in [2.75, 3.05) is 30.8 Å². The van der Waals surface area contributed by atoms with E-state index >= 15 is 0 Å². The first-order valence-electron chi connectivity index (χ1n) is 10.9. The molecule has 0 atom stereocenters. The summed E-state index contributed by atoms with van der Waals surface area (Å²) in [5, 5.41) is 20.6. The SMILES string of the molecule is CCOC(=O)c1c(NC(=O)CNc2ccc(-c3nnnn3C3CC3)cc2)sc(C(=O)NC)c1C. The average molecular weight is 484 g/mol. The fraction of sp³-hybridized carbons (Fsp3) is 0.364. The highest BCUT2D eigenvalue weighted by Gasteiger charge is 2.28. The third-order valence-electron chi connectivity index (χ3n) is 5.29. The van der Waals surface area contributed by atoms with Crippen molar-refractivity contribution in [2.24, 2.45) is 0 Å². The lowest BCUT2D eigenvalue weighted by atomic mass is 10.1. The van der Waals surface area contributed by atoms with Crippen LogP contribution in [0.5, 0.6) is 0 Å². The minimum atomic E-state index is -0.584. The highest BCUT2D eigenvalue weighted by Crippen LogP contribution is 2.37. The van der Waals surface area contributed by atoms with E-state index in [4.69, 9.17) is 4.74 Å². The number of thiophene rings is 1. The van der Waals surface area contributed by atoms with Gasteiger partial charge in [0.05, 0.1) is 29.6 Å². The largest absolute Gasteiger partial charge is 0.462 e.